The van der Waals surface area contributed by atoms with E-state index in [-0.39, 0.29) is 11.9 Å². The molecule has 1 N–H and O–H groups in total. The van der Waals surface area contributed by atoms with Crippen LogP contribution in [0.25, 0.3) is 0 Å². The number of likely N-dealkylation sites (N-methyl/N-ethyl adjacent to an activating group) is 1. The maximum atomic E-state index is 12.2. The second kappa shape index (κ2) is 5.52. The fraction of sp³-hybridized carbons (Fsp3) is 0.692. The predicted molar refractivity (Wildman–Crippen MR) is 70.1 cm³/mol. The van der Waals surface area contributed by atoms with Crippen LogP contribution in [-0.4, -0.2) is 51.9 Å². The molecular formula is C13H22N4O. The van der Waals surface area contributed by atoms with Crippen molar-refractivity contribution in [2.75, 3.05) is 20.1 Å². The second-order valence-corrected chi connectivity index (χ2v) is 5.14. The van der Waals surface area contributed by atoms with Gasteiger partial charge in [0.1, 0.15) is 5.82 Å². The molecule has 1 saturated heterocycles. The van der Waals surface area contributed by atoms with Crippen LogP contribution in [0.4, 0.5) is 0 Å². The first-order valence-electron chi connectivity index (χ1n) is 6.57. The van der Waals surface area contributed by atoms with Crippen molar-refractivity contribution in [1.82, 2.24) is 19.8 Å². The molecule has 0 spiro atoms. The standard InChI is InChI=1S/C13H22N4O/c1-10-8-14-12(15-10)9-16(3)11(2)13(18)17-6-4-5-7-17/h8,11H,4-7,9H2,1-3H3,(H,14,15). The summed E-state index contributed by atoms with van der Waals surface area (Å²) >= 11 is 0. The number of imidazole rings is 1. The minimum atomic E-state index is -0.0893. The monoisotopic (exact) mass is 250 g/mol. The van der Waals surface area contributed by atoms with Gasteiger partial charge in [0.2, 0.25) is 5.91 Å². The number of amides is 1. The zero-order valence-corrected chi connectivity index (χ0v) is 11.4. The van der Waals surface area contributed by atoms with Gasteiger partial charge in [-0.3, -0.25) is 9.69 Å². The first-order valence-corrected chi connectivity index (χ1v) is 6.57. The molecule has 0 bridgehead atoms. The molecule has 1 unspecified atom stereocenters. The van der Waals surface area contributed by atoms with Crippen LogP contribution in [0.2, 0.25) is 0 Å². The Bertz CT molecular complexity index is 409. The third kappa shape index (κ3) is 2.90. The molecule has 2 heterocycles. The lowest BCUT2D eigenvalue weighted by Gasteiger charge is -2.27. The van der Waals surface area contributed by atoms with Crippen LogP contribution in [0.1, 0.15) is 31.3 Å². The Morgan fingerprint density at radius 2 is 2.22 bits per heavy atom. The maximum absolute atomic E-state index is 12.2. The number of nitrogens with zero attached hydrogens (tertiary/aromatic N) is 3. The van der Waals surface area contributed by atoms with E-state index >= 15 is 0 Å². The van der Waals surface area contributed by atoms with Gasteiger partial charge in [0.05, 0.1) is 12.6 Å². The van der Waals surface area contributed by atoms with E-state index in [2.05, 4.69) is 9.97 Å². The highest BCUT2D eigenvalue weighted by Crippen LogP contribution is 2.12. The van der Waals surface area contributed by atoms with E-state index in [0.717, 1.165) is 37.4 Å². The molecule has 18 heavy (non-hydrogen) atoms. The van der Waals surface area contributed by atoms with E-state index in [0.29, 0.717) is 6.54 Å². The lowest BCUT2D eigenvalue weighted by Crippen LogP contribution is -2.44. The molecule has 0 aromatic carbocycles. The van der Waals surface area contributed by atoms with Gasteiger partial charge in [-0.15, -0.1) is 0 Å². The molecule has 1 aliphatic rings. The number of aromatic nitrogens is 2. The Morgan fingerprint density at radius 1 is 1.56 bits per heavy atom. The van der Waals surface area contributed by atoms with Crippen LogP contribution in [0, 0.1) is 6.92 Å². The van der Waals surface area contributed by atoms with Crippen molar-refractivity contribution in [3.63, 3.8) is 0 Å². The molecule has 5 nitrogen and oxygen atoms in total. The lowest BCUT2D eigenvalue weighted by atomic mass is 10.2. The summed E-state index contributed by atoms with van der Waals surface area (Å²) in [6, 6.07) is -0.0893. The molecule has 0 saturated carbocycles. The number of rotatable bonds is 4. The van der Waals surface area contributed by atoms with Crippen LogP contribution < -0.4 is 0 Å². The average Bonchev–Trinajstić information content (AvgIpc) is 2.98. The second-order valence-electron chi connectivity index (χ2n) is 5.14. The van der Waals surface area contributed by atoms with Gasteiger partial charge in [-0.1, -0.05) is 0 Å². The fourth-order valence-electron chi connectivity index (χ4n) is 2.31. The number of carbonyl (C=O) groups is 1. The van der Waals surface area contributed by atoms with Gasteiger partial charge in [0, 0.05) is 25.0 Å². The van der Waals surface area contributed by atoms with Crippen molar-refractivity contribution < 1.29 is 4.79 Å². The summed E-state index contributed by atoms with van der Waals surface area (Å²) in [7, 11) is 1.97. The van der Waals surface area contributed by atoms with Gasteiger partial charge in [0.25, 0.3) is 0 Å². The number of likely N-dealkylation sites (tertiary alicyclic amines) is 1. The van der Waals surface area contributed by atoms with E-state index in [1.54, 1.807) is 0 Å². The van der Waals surface area contributed by atoms with Crippen molar-refractivity contribution in [1.29, 1.82) is 0 Å². The van der Waals surface area contributed by atoms with Gasteiger partial charge in [-0.05, 0) is 33.7 Å². The van der Waals surface area contributed by atoms with Crippen LogP contribution in [0.5, 0.6) is 0 Å². The summed E-state index contributed by atoms with van der Waals surface area (Å²) in [6.45, 7) is 6.45. The molecule has 0 radical (unpaired) electrons. The van der Waals surface area contributed by atoms with E-state index in [4.69, 9.17) is 0 Å². The minimum Gasteiger partial charge on any atom is -0.345 e. The lowest BCUT2D eigenvalue weighted by molar-refractivity contribution is -0.135. The number of H-pyrrole nitrogens is 1. The predicted octanol–water partition coefficient (Wildman–Crippen LogP) is 1.16. The SMILES string of the molecule is Cc1cnc(CN(C)C(C)C(=O)N2CCCC2)[nH]1. The van der Waals surface area contributed by atoms with Crippen LogP contribution in [0.3, 0.4) is 0 Å². The summed E-state index contributed by atoms with van der Waals surface area (Å²) < 4.78 is 0. The molecule has 1 aromatic rings. The van der Waals surface area contributed by atoms with Gasteiger partial charge < -0.3 is 9.88 Å². The van der Waals surface area contributed by atoms with E-state index < -0.39 is 0 Å². The maximum Gasteiger partial charge on any atom is 0.239 e. The number of hydrogen-bond donors (Lipinski definition) is 1. The highest BCUT2D eigenvalue weighted by atomic mass is 16.2. The van der Waals surface area contributed by atoms with Crippen molar-refractivity contribution >= 4 is 5.91 Å². The molecule has 1 fully saturated rings. The topological polar surface area (TPSA) is 52.2 Å². The molecule has 2 rings (SSSR count). The normalized spacial score (nSPS) is 17.4. The van der Waals surface area contributed by atoms with Crippen LogP contribution in [-0.2, 0) is 11.3 Å². The third-order valence-corrected chi connectivity index (χ3v) is 3.59. The smallest absolute Gasteiger partial charge is 0.239 e. The first-order chi connectivity index (χ1) is 8.58. The number of hydrogen-bond acceptors (Lipinski definition) is 3. The van der Waals surface area contributed by atoms with Crippen molar-refractivity contribution in [3.8, 4) is 0 Å². The highest BCUT2D eigenvalue weighted by molar-refractivity contribution is 5.81. The largest absolute Gasteiger partial charge is 0.345 e. The first kappa shape index (κ1) is 13.1. The molecule has 0 aliphatic carbocycles. The Hall–Kier alpha value is -1.36. The third-order valence-electron chi connectivity index (χ3n) is 3.59. The molecule has 100 valence electrons. The van der Waals surface area contributed by atoms with Crippen LogP contribution in [0.15, 0.2) is 6.20 Å². The summed E-state index contributed by atoms with van der Waals surface area (Å²) in [5.74, 6) is 1.15. The molecule has 1 amide bonds. The van der Waals surface area contributed by atoms with Crippen molar-refractivity contribution in [3.05, 3.63) is 17.7 Å². The quantitative estimate of drug-likeness (QED) is 0.872. The zero-order chi connectivity index (χ0) is 13.1. The van der Waals surface area contributed by atoms with Gasteiger partial charge in [-0.2, -0.15) is 0 Å². The van der Waals surface area contributed by atoms with Crippen molar-refractivity contribution in [2.24, 2.45) is 0 Å². The van der Waals surface area contributed by atoms with Crippen LogP contribution >= 0.6 is 0 Å². The number of carbonyl (C=O) groups excluding carboxylic acids is 1. The summed E-state index contributed by atoms with van der Waals surface area (Å²) in [4.78, 5) is 23.7. The molecular weight excluding hydrogens is 228 g/mol. The van der Waals surface area contributed by atoms with Crippen molar-refractivity contribution in [2.45, 2.75) is 39.3 Å². The molecule has 1 aromatic heterocycles. The summed E-state index contributed by atoms with van der Waals surface area (Å²) in [5.41, 5.74) is 1.05. The minimum absolute atomic E-state index is 0.0893. The fourth-order valence-corrected chi connectivity index (χ4v) is 2.31. The number of nitrogens with one attached hydrogen (secondary N) is 1. The summed E-state index contributed by atoms with van der Waals surface area (Å²) in [5, 5.41) is 0. The van der Waals surface area contributed by atoms with E-state index in [1.807, 2.05) is 36.9 Å². The Labute approximate surface area is 108 Å². The Balaban J connectivity index is 1.91. The average molecular weight is 250 g/mol. The molecule has 5 heteroatoms. The summed E-state index contributed by atoms with van der Waals surface area (Å²) in [6.07, 6.45) is 4.09. The van der Waals surface area contributed by atoms with E-state index in [1.165, 1.54) is 0 Å². The Morgan fingerprint density at radius 3 is 2.78 bits per heavy atom. The number of aryl methyl sites for hydroxylation is 1. The molecule has 1 atom stereocenters. The highest BCUT2D eigenvalue weighted by Gasteiger charge is 2.26. The Kier molecular flexibility index (Phi) is 4.01. The number of aromatic amines is 1. The van der Waals surface area contributed by atoms with Gasteiger partial charge in [-0.25, -0.2) is 4.98 Å². The van der Waals surface area contributed by atoms with Gasteiger partial charge >= 0.3 is 0 Å². The zero-order valence-electron chi connectivity index (χ0n) is 11.4. The van der Waals surface area contributed by atoms with E-state index in [9.17, 15) is 4.79 Å². The molecule has 1 aliphatic heterocycles. The van der Waals surface area contributed by atoms with Gasteiger partial charge in [0.15, 0.2) is 0 Å².